The molecular formula is C12H16N2O4. The fourth-order valence-corrected chi connectivity index (χ4v) is 2.15. The summed E-state index contributed by atoms with van der Waals surface area (Å²) in [6.45, 7) is 1.38. The molecule has 0 bridgehead atoms. The van der Waals surface area contributed by atoms with E-state index in [1.165, 1.54) is 12.1 Å². The molecule has 0 radical (unpaired) electrons. The standard InChI is InChI=1S/C12H16N2O4/c13-12(11(17)18)3-4-14(7-12)6-8-1-2-9(15)10(16)5-8/h1-2,5,15-16H,3-4,6-7,13H2,(H,17,18). The minimum atomic E-state index is -1.18. The van der Waals surface area contributed by atoms with Crippen molar-refractivity contribution in [1.29, 1.82) is 0 Å². The maximum atomic E-state index is 11.0. The molecule has 2 rings (SSSR count). The lowest BCUT2D eigenvalue weighted by Gasteiger charge is -2.20. The molecular weight excluding hydrogens is 236 g/mol. The molecule has 1 saturated heterocycles. The Morgan fingerprint density at radius 2 is 2.11 bits per heavy atom. The molecule has 0 spiro atoms. The van der Waals surface area contributed by atoms with Crippen LogP contribution in [0.4, 0.5) is 0 Å². The molecule has 1 aliphatic rings. The Bertz CT molecular complexity index is 477. The van der Waals surface area contributed by atoms with Crippen LogP contribution in [-0.4, -0.2) is 44.8 Å². The Hall–Kier alpha value is -1.79. The van der Waals surface area contributed by atoms with Crippen LogP contribution in [0.15, 0.2) is 18.2 Å². The highest BCUT2D eigenvalue weighted by Gasteiger charge is 2.41. The molecule has 1 heterocycles. The Labute approximate surface area is 104 Å². The molecule has 1 aromatic carbocycles. The van der Waals surface area contributed by atoms with Gasteiger partial charge in [0.1, 0.15) is 5.54 Å². The third-order valence-corrected chi connectivity index (χ3v) is 3.25. The van der Waals surface area contributed by atoms with Gasteiger partial charge in [-0.1, -0.05) is 6.07 Å². The lowest BCUT2D eigenvalue weighted by atomic mass is 10.0. The summed E-state index contributed by atoms with van der Waals surface area (Å²) in [5, 5.41) is 27.6. The van der Waals surface area contributed by atoms with Crippen molar-refractivity contribution in [2.75, 3.05) is 13.1 Å². The summed E-state index contributed by atoms with van der Waals surface area (Å²) >= 11 is 0. The van der Waals surface area contributed by atoms with Crippen molar-refractivity contribution in [3.63, 3.8) is 0 Å². The molecule has 5 N–H and O–H groups in total. The van der Waals surface area contributed by atoms with Crippen LogP contribution in [0.1, 0.15) is 12.0 Å². The number of aromatic hydroxyl groups is 2. The van der Waals surface area contributed by atoms with Crippen LogP contribution in [-0.2, 0) is 11.3 Å². The SMILES string of the molecule is NC1(C(=O)O)CCN(Cc2ccc(O)c(O)c2)C1. The maximum Gasteiger partial charge on any atom is 0.325 e. The van der Waals surface area contributed by atoms with Gasteiger partial charge in [-0.2, -0.15) is 0 Å². The van der Waals surface area contributed by atoms with Crippen LogP contribution in [0, 0.1) is 0 Å². The van der Waals surface area contributed by atoms with Crippen molar-refractivity contribution in [2.45, 2.75) is 18.5 Å². The van der Waals surface area contributed by atoms with E-state index in [9.17, 15) is 15.0 Å². The summed E-state index contributed by atoms with van der Waals surface area (Å²) in [5.74, 6) is -1.33. The number of nitrogens with two attached hydrogens (primary N) is 1. The average Bonchev–Trinajstić information content (AvgIpc) is 2.67. The van der Waals surface area contributed by atoms with Gasteiger partial charge in [0, 0.05) is 19.6 Å². The minimum Gasteiger partial charge on any atom is -0.504 e. The highest BCUT2D eigenvalue weighted by Crippen LogP contribution is 2.27. The van der Waals surface area contributed by atoms with E-state index in [0.29, 0.717) is 19.5 Å². The Morgan fingerprint density at radius 3 is 2.67 bits per heavy atom. The Morgan fingerprint density at radius 1 is 1.39 bits per heavy atom. The lowest BCUT2D eigenvalue weighted by Crippen LogP contribution is -2.50. The van der Waals surface area contributed by atoms with E-state index >= 15 is 0 Å². The highest BCUT2D eigenvalue weighted by molar-refractivity contribution is 5.79. The number of carbonyl (C=O) groups is 1. The van der Waals surface area contributed by atoms with Gasteiger partial charge >= 0.3 is 5.97 Å². The van der Waals surface area contributed by atoms with Crippen molar-refractivity contribution < 1.29 is 20.1 Å². The summed E-state index contributed by atoms with van der Waals surface area (Å²) in [5.41, 5.74) is 5.39. The fourth-order valence-electron chi connectivity index (χ4n) is 2.15. The van der Waals surface area contributed by atoms with Crippen LogP contribution < -0.4 is 5.73 Å². The van der Waals surface area contributed by atoms with E-state index in [-0.39, 0.29) is 18.0 Å². The van der Waals surface area contributed by atoms with Gasteiger partial charge in [0.05, 0.1) is 0 Å². The lowest BCUT2D eigenvalue weighted by molar-refractivity contribution is -0.142. The molecule has 98 valence electrons. The number of likely N-dealkylation sites (tertiary alicyclic amines) is 1. The average molecular weight is 252 g/mol. The van der Waals surface area contributed by atoms with Crippen LogP contribution in [0.25, 0.3) is 0 Å². The summed E-state index contributed by atoms with van der Waals surface area (Å²) < 4.78 is 0. The van der Waals surface area contributed by atoms with Crippen molar-refractivity contribution in [1.82, 2.24) is 4.90 Å². The number of carboxylic acids is 1. The molecule has 1 atom stereocenters. The van der Waals surface area contributed by atoms with Crippen LogP contribution in [0.3, 0.4) is 0 Å². The number of aliphatic carboxylic acids is 1. The Balaban J connectivity index is 2.03. The van der Waals surface area contributed by atoms with E-state index in [1.54, 1.807) is 6.07 Å². The zero-order valence-electron chi connectivity index (χ0n) is 9.83. The van der Waals surface area contributed by atoms with Crippen molar-refractivity contribution >= 4 is 5.97 Å². The molecule has 1 aliphatic heterocycles. The molecule has 1 aromatic rings. The van der Waals surface area contributed by atoms with Gasteiger partial charge in [0.15, 0.2) is 11.5 Å². The number of nitrogens with zero attached hydrogens (tertiary/aromatic N) is 1. The first-order chi connectivity index (χ1) is 8.40. The van der Waals surface area contributed by atoms with E-state index < -0.39 is 11.5 Å². The Kier molecular flexibility index (Phi) is 3.14. The second-order valence-electron chi connectivity index (χ2n) is 4.75. The summed E-state index contributed by atoms with van der Waals surface area (Å²) in [7, 11) is 0. The smallest absolute Gasteiger partial charge is 0.325 e. The number of phenols is 2. The monoisotopic (exact) mass is 252 g/mol. The van der Waals surface area contributed by atoms with Gasteiger partial charge in [0.2, 0.25) is 0 Å². The predicted octanol–water partition coefficient (Wildman–Crippen LogP) is 0.0856. The predicted molar refractivity (Wildman–Crippen MR) is 64.2 cm³/mol. The number of rotatable bonds is 3. The highest BCUT2D eigenvalue weighted by atomic mass is 16.4. The summed E-state index contributed by atoms with van der Waals surface area (Å²) in [6, 6.07) is 4.56. The van der Waals surface area contributed by atoms with Gasteiger partial charge in [-0.15, -0.1) is 0 Å². The second-order valence-corrected chi connectivity index (χ2v) is 4.75. The fraction of sp³-hybridized carbons (Fsp3) is 0.417. The third kappa shape index (κ3) is 2.39. The van der Waals surface area contributed by atoms with Crippen molar-refractivity contribution in [2.24, 2.45) is 5.73 Å². The van der Waals surface area contributed by atoms with Gasteiger partial charge in [-0.25, -0.2) is 0 Å². The summed E-state index contributed by atoms with van der Waals surface area (Å²) in [4.78, 5) is 12.9. The van der Waals surface area contributed by atoms with E-state index in [4.69, 9.17) is 10.8 Å². The molecule has 1 fully saturated rings. The van der Waals surface area contributed by atoms with Crippen molar-refractivity contribution in [3.8, 4) is 11.5 Å². The van der Waals surface area contributed by atoms with Gasteiger partial charge in [-0.05, 0) is 24.1 Å². The quantitative estimate of drug-likeness (QED) is 0.568. The van der Waals surface area contributed by atoms with Crippen LogP contribution in [0.2, 0.25) is 0 Å². The van der Waals surface area contributed by atoms with Gasteiger partial charge in [0.25, 0.3) is 0 Å². The van der Waals surface area contributed by atoms with Crippen LogP contribution >= 0.6 is 0 Å². The molecule has 0 aliphatic carbocycles. The van der Waals surface area contributed by atoms with Crippen molar-refractivity contribution in [3.05, 3.63) is 23.8 Å². The first-order valence-electron chi connectivity index (χ1n) is 5.66. The van der Waals surface area contributed by atoms with Gasteiger partial charge in [-0.3, -0.25) is 9.69 Å². The second kappa shape index (κ2) is 4.47. The first-order valence-corrected chi connectivity index (χ1v) is 5.66. The molecule has 0 saturated carbocycles. The number of phenolic OH excluding ortho intramolecular Hbond substituents is 2. The first kappa shape index (κ1) is 12.7. The third-order valence-electron chi connectivity index (χ3n) is 3.25. The molecule has 6 heteroatoms. The zero-order valence-corrected chi connectivity index (χ0v) is 9.83. The molecule has 18 heavy (non-hydrogen) atoms. The van der Waals surface area contributed by atoms with E-state index in [1.807, 2.05) is 4.90 Å². The van der Waals surface area contributed by atoms with E-state index in [0.717, 1.165) is 5.56 Å². The normalized spacial score (nSPS) is 24.3. The number of hydrogen-bond donors (Lipinski definition) is 4. The molecule has 0 amide bonds. The summed E-state index contributed by atoms with van der Waals surface area (Å²) in [6.07, 6.45) is 0.409. The zero-order chi connectivity index (χ0) is 13.3. The maximum absolute atomic E-state index is 11.0. The number of carboxylic acid groups (broad SMARTS) is 1. The molecule has 0 aromatic heterocycles. The molecule has 6 nitrogen and oxygen atoms in total. The number of hydrogen-bond acceptors (Lipinski definition) is 5. The minimum absolute atomic E-state index is 0.168. The number of benzene rings is 1. The van der Waals surface area contributed by atoms with Crippen LogP contribution in [0.5, 0.6) is 11.5 Å². The largest absolute Gasteiger partial charge is 0.504 e. The van der Waals surface area contributed by atoms with E-state index in [2.05, 4.69) is 0 Å². The van der Waals surface area contributed by atoms with Gasteiger partial charge < -0.3 is 21.1 Å². The molecule has 1 unspecified atom stereocenters. The topological polar surface area (TPSA) is 107 Å².